The molecule has 2 N–H and O–H groups in total. The molecule has 164 valence electrons. The number of likely N-dealkylation sites (tertiary alicyclic amines) is 1. The minimum Gasteiger partial charge on any atom is -0.352 e. The average Bonchev–Trinajstić information content (AvgIpc) is 3.52. The van der Waals surface area contributed by atoms with Gasteiger partial charge in [0, 0.05) is 41.8 Å². The number of H-pyrrole nitrogens is 1. The van der Waals surface area contributed by atoms with Crippen molar-refractivity contribution in [3.63, 3.8) is 0 Å². The van der Waals surface area contributed by atoms with Crippen molar-refractivity contribution in [2.24, 2.45) is 13.0 Å². The number of imidazole rings is 1. The molecule has 1 fully saturated rings. The Morgan fingerprint density at radius 1 is 1.22 bits per heavy atom. The van der Waals surface area contributed by atoms with Gasteiger partial charge in [0.15, 0.2) is 5.65 Å². The Kier molecular flexibility index (Phi) is 5.40. The van der Waals surface area contributed by atoms with Crippen LogP contribution in [-0.2, 0) is 7.05 Å². The van der Waals surface area contributed by atoms with Gasteiger partial charge in [0.1, 0.15) is 0 Å². The first-order valence-corrected chi connectivity index (χ1v) is 11.6. The molecule has 1 aliphatic rings. The van der Waals surface area contributed by atoms with Crippen LogP contribution >= 0.6 is 11.3 Å². The number of thiophene rings is 1. The molecular formula is C24H25N5O2S. The Bertz CT molecular complexity index is 1320. The van der Waals surface area contributed by atoms with Crippen molar-refractivity contribution in [3.8, 4) is 11.1 Å². The fourth-order valence-corrected chi connectivity index (χ4v) is 5.56. The minimum atomic E-state index is -0.198. The smallest absolute Gasteiger partial charge is 0.327 e. The van der Waals surface area contributed by atoms with Crippen molar-refractivity contribution in [1.29, 1.82) is 0 Å². The molecule has 0 bridgehead atoms. The van der Waals surface area contributed by atoms with Crippen molar-refractivity contribution in [1.82, 2.24) is 24.8 Å². The van der Waals surface area contributed by atoms with Gasteiger partial charge >= 0.3 is 5.69 Å². The van der Waals surface area contributed by atoms with Crippen molar-refractivity contribution < 1.29 is 4.79 Å². The third-order valence-corrected chi connectivity index (χ3v) is 7.29. The van der Waals surface area contributed by atoms with Gasteiger partial charge in [-0.2, -0.15) is 0 Å². The second-order valence-electron chi connectivity index (χ2n) is 8.36. The maximum Gasteiger partial charge on any atom is 0.327 e. The lowest BCUT2D eigenvalue weighted by Crippen LogP contribution is -2.32. The van der Waals surface area contributed by atoms with Gasteiger partial charge in [-0.1, -0.05) is 18.2 Å². The minimum absolute atomic E-state index is 0.0746. The van der Waals surface area contributed by atoms with Gasteiger partial charge in [-0.05, 0) is 61.1 Å². The van der Waals surface area contributed by atoms with Crippen molar-refractivity contribution in [2.75, 3.05) is 20.1 Å². The summed E-state index contributed by atoms with van der Waals surface area (Å²) < 4.78 is 1.53. The number of benzene rings is 1. The highest BCUT2D eigenvalue weighted by atomic mass is 32.1. The Morgan fingerprint density at radius 2 is 2.09 bits per heavy atom. The third-order valence-electron chi connectivity index (χ3n) is 6.35. The number of amides is 1. The molecule has 1 saturated heterocycles. The maximum atomic E-state index is 12.9. The normalized spacial score (nSPS) is 18.9. The average molecular weight is 448 g/mol. The number of aromatic nitrogens is 3. The van der Waals surface area contributed by atoms with Gasteiger partial charge in [-0.25, -0.2) is 9.78 Å². The van der Waals surface area contributed by atoms with E-state index in [1.165, 1.54) is 9.44 Å². The van der Waals surface area contributed by atoms with Crippen LogP contribution in [0.3, 0.4) is 0 Å². The Hall–Kier alpha value is -3.23. The topological polar surface area (TPSA) is 83.0 Å². The molecule has 1 aliphatic heterocycles. The van der Waals surface area contributed by atoms with E-state index in [0.717, 1.165) is 29.6 Å². The van der Waals surface area contributed by atoms with Crippen LogP contribution in [0.2, 0.25) is 0 Å². The molecule has 0 unspecified atom stereocenters. The predicted molar refractivity (Wildman–Crippen MR) is 127 cm³/mol. The number of pyridine rings is 1. The Morgan fingerprint density at radius 3 is 2.91 bits per heavy atom. The van der Waals surface area contributed by atoms with Crippen LogP contribution in [0, 0.1) is 5.92 Å². The number of carbonyl (C=O) groups is 1. The molecule has 3 aromatic heterocycles. The van der Waals surface area contributed by atoms with Crippen LogP contribution in [0.4, 0.5) is 0 Å². The molecule has 5 rings (SSSR count). The SMILES string of the molecule is CN1CC[C@@H](CNC(=O)c2cccc(-c3cnc4[nH]c(=O)n(C)c4c3)c2)[C@@H]1c1cccs1. The van der Waals surface area contributed by atoms with Gasteiger partial charge in [-0.15, -0.1) is 11.3 Å². The molecule has 4 aromatic rings. The van der Waals surface area contributed by atoms with E-state index in [1.807, 2.05) is 30.3 Å². The lowest BCUT2D eigenvalue weighted by atomic mass is 9.98. The summed E-state index contributed by atoms with van der Waals surface area (Å²) in [5, 5.41) is 5.26. The number of nitrogens with one attached hydrogen (secondary N) is 2. The number of carbonyl (C=O) groups excluding carboxylic acids is 1. The lowest BCUT2D eigenvalue weighted by molar-refractivity contribution is 0.0944. The third kappa shape index (κ3) is 3.76. The van der Waals surface area contributed by atoms with Crippen molar-refractivity contribution in [3.05, 3.63) is 75.0 Å². The Labute approximate surface area is 189 Å². The zero-order valence-corrected chi connectivity index (χ0v) is 18.9. The van der Waals surface area contributed by atoms with E-state index in [4.69, 9.17) is 0 Å². The monoisotopic (exact) mass is 447 g/mol. The summed E-state index contributed by atoms with van der Waals surface area (Å²) in [6, 6.07) is 14.1. The summed E-state index contributed by atoms with van der Waals surface area (Å²) in [4.78, 5) is 35.6. The standard InChI is InChI=1S/C24H25N5O2S/c1-28-9-8-17(21(28)20-7-4-10-32-20)13-26-23(30)16-6-3-5-15(11-16)18-12-19-22(25-14-18)27-24(31)29(19)2/h3-7,10-12,14,17,21H,8-9,13H2,1-2H3,(H,26,30)(H,25,27,31)/t17-,21+/m0/s1. The summed E-state index contributed by atoms with van der Waals surface area (Å²) >= 11 is 1.78. The molecule has 0 aliphatic carbocycles. The number of aromatic amines is 1. The fourth-order valence-electron chi connectivity index (χ4n) is 4.57. The van der Waals surface area contributed by atoms with E-state index in [9.17, 15) is 9.59 Å². The molecule has 7 nitrogen and oxygen atoms in total. The van der Waals surface area contributed by atoms with E-state index in [2.05, 4.69) is 44.7 Å². The van der Waals surface area contributed by atoms with E-state index in [-0.39, 0.29) is 11.6 Å². The number of hydrogen-bond acceptors (Lipinski definition) is 5. The first kappa shape index (κ1) is 20.7. The molecular weight excluding hydrogens is 422 g/mol. The van der Waals surface area contributed by atoms with Crippen LogP contribution < -0.4 is 11.0 Å². The molecule has 1 aromatic carbocycles. The Balaban J connectivity index is 1.33. The first-order valence-electron chi connectivity index (χ1n) is 10.7. The number of aryl methyl sites for hydroxylation is 1. The maximum absolute atomic E-state index is 12.9. The van der Waals surface area contributed by atoms with E-state index in [0.29, 0.717) is 29.7 Å². The predicted octanol–water partition coefficient (Wildman–Crippen LogP) is 3.41. The van der Waals surface area contributed by atoms with Crippen LogP contribution in [0.15, 0.2) is 58.8 Å². The van der Waals surface area contributed by atoms with Gasteiger partial charge < -0.3 is 5.32 Å². The van der Waals surface area contributed by atoms with Crippen molar-refractivity contribution >= 4 is 28.4 Å². The highest BCUT2D eigenvalue weighted by Gasteiger charge is 2.33. The van der Waals surface area contributed by atoms with E-state index in [1.54, 1.807) is 24.6 Å². The second kappa shape index (κ2) is 8.37. The number of rotatable bonds is 5. The fraction of sp³-hybridized carbons (Fsp3) is 0.292. The quantitative estimate of drug-likeness (QED) is 0.491. The lowest BCUT2D eigenvalue weighted by Gasteiger charge is -2.24. The number of hydrogen-bond donors (Lipinski definition) is 2. The molecule has 1 amide bonds. The summed E-state index contributed by atoms with van der Waals surface area (Å²) in [5.74, 6) is 0.321. The van der Waals surface area contributed by atoms with Crippen molar-refractivity contribution in [2.45, 2.75) is 12.5 Å². The zero-order valence-electron chi connectivity index (χ0n) is 18.0. The van der Waals surface area contributed by atoms with Gasteiger partial charge in [-0.3, -0.25) is 19.2 Å². The first-order chi connectivity index (χ1) is 15.5. The van der Waals surface area contributed by atoms with Gasteiger partial charge in [0.2, 0.25) is 0 Å². The molecule has 4 heterocycles. The van der Waals surface area contributed by atoms with Crippen LogP contribution in [0.25, 0.3) is 22.3 Å². The van der Waals surface area contributed by atoms with Crippen LogP contribution in [0.1, 0.15) is 27.7 Å². The molecule has 0 radical (unpaired) electrons. The molecule has 0 spiro atoms. The van der Waals surface area contributed by atoms with E-state index >= 15 is 0 Å². The molecule has 2 atom stereocenters. The molecule has 8 heteroatoms. The van der Waals surface area contributed by atoms with Gasteiger partial charge in [0.25, 0.3) is 5.91 Å². The summed E-state index contributed by atoms with van der Waals surface area (Å²) in [6.45, 7) is 1.69. The molecule has 32 heavy (non-hydrogen) atoms. The number of fused-ring (bicyclic) bond motifs is 1. The van der Waals surface area contributed by atoms with Gasteiger partial charge in [0.05, 0.1) is 5.52 Å². The summed E-state index contributed by atoms with van der Waals surface area (Å²) in [6.07, 6.45) is 2.79. The van der Waals surface area contributed by atoms with E-state index < -0.39 is 0 Å². The zero-order chi connectivity index (χ0) is 22.2. The largest absolute Gasteiger partial charge is 0.352 e. The number of nitrogens with zero attached hydrogens (tertiary/aromatic N) is 3. The highest BCUT2D eigenvalue weighted by molar-refractivity contribution is 7.10. The summed E-state index contributed by atoms with van der Waals surface area (Å²) in [5.41, 5.74) is 3.44. The highest BCUT2D eigenvalue weighted by Crippen LogP contribution is 2.37. The second-order valence-corrected chi connectivity index (χ2v) is 9.34. The molecule has 0 saturated carbocycles. The summed E-state index contributed by atoms with van der Waals surface area (Å²) in [7, 11) is 3.86. The van der Waals surface area contributed by atoms with Crippen LogP contribution in [-0.4, -0.2) is 45.5 Å². The van der Waals surface area contributed by atoms with Crippen LogP contribution in [0.5, 0.6) is 0 Å².